The number of benzene rings is 1. The van der Waals surface area contributed by atoms with Crippen molar-refractivity contribution in [2.75, 3.05) is 7.11 Å². The standard InChI is InChI=1S/C11H9ClO2S/c1-6-3-4-8(14-2)10-9(6)7(5-13)11(12)15-10/h3-5H,1-2H3. The molecule has 78 valence electrons. The minimum atomic E-state index is 0.521. The second-order valence-corrected chi connectivity index (χ2v) is 4.82. The molecule has 0 saturated heterocycles. The maximum absolute atomic E-state index is 10.9. The van der Waals surface area contributed by atoms with E-state index in [0.717, 1.165) is 27.7 Å². The average Bonchev–Trinajstić information content (AvgIpc) is 2.56. The van der Waals surface area contributed by atoms with Crippen molar-refractivity contribution in [1.29, 1.82) is 0 Å². The monoisotopic (exact) mass is 240 g/mol. The minimum absolute atomic E-state index is 0.521. The van der Waals surface area contributed by atoms with E-state index in [1.807, 2.05) is 19.1 Å². The van der Waals surface area contributed by atoms with Crippen molar-refractivity contribution in [2.24, 2.45) is 0 Å². The molecule has 1 aromatic carbocycles. The zero-order chi connectivity index (χ0) is 11.0. The molecule has 0 amide bonds. The first-order valence-corrected chi connectivity index (χ1v) is 5.59. The molecule has 15 heavy (non-hydrogen) atoms. The number of aryl methyl sites for hydroxylation is 1. The maximum atomic E-state index is 10.9. The van der Waals surface area contributed by atoms with Crippen LogP contribution < -0.4 is 4.74 Å². The van der Waals surface area contributed by atoms with Crippen molar-refractivity contribution in [3.8, 4) is 5.75 Å². The predicted molar refractivity (Wildman–Crippen MR) is 63.5 cm³/mol. The fourth-order valence-corrected chi connectivity index (χ4v) is 3.04. The van der Waals surface area contributed by atoms with Gasteiger partial charge < -0.3 is 4.74 Å². The van der Waals surface area contributed by atoms with Crippen LogP contribution in [0.1, 0.15) is 15.9 Å². The summed E-state index contributed by atoms with van der Waals surface area (Å²) in [6.45, 7) is 1.96. The third-order valence-electron chi connectivity index (χ3n) is 2.34. The third kappa shape index (κ3) is 1.52. The molecule has 0 N–H and O–H groups in total. The first-order valence-electron chi connectivity index (χ1n) is 4.39. The minimum Gasteiger partial charge on any atom is -0.495 e. The molecule has 2 nitrogen and oxygen atoms in total. The highest BCUT2D eigenvalue weighted by Crippen LogP contribution is 2.40. The van der Waals surface area contributed by atoms with Gasteiger partial charge in [-0.3, -0.25) is 4.79 Å². The highest BCUT2D eigenvalue weighted by atomic mass is 35.5. The molecule has 0 unspecified atom stereocenters. The summed E-state index contributed by atoms with van der Waals surface area (Å²) in [5.74, 6) is 0.760. The molecule has 0 spiro atoms. The van der Waals surface area contributed by atoms with E-state index in [4.69, 9.17) is 16.3 Å². The van der Waals surface area contributed by atoms with E-state index in [9.17, 15) is 4.79 Å². The Morgan fingerprint density at radius 2 is 2.20 bits per heavy atom. The maximum Gasteiger partial charge on any atom is 0.153 e. The van der Waals surface area contributed by atoms with E-state index in [2.05, 4.69) is 0 Å². The van der Waals surface area contributed by atoms with Crippen molar-refractivity contribution in [1.82, 2.24) is 0 Å². The molecule has 0 saturated carbocycles. The predicted octanol–water partition coefficient (Wildman–Crippen LogP) is 3.68. The van der Waals surface area contributed by atoms with Crippen molar-refractivity contribution in [3.05, 3.63) is 27.6 Å². The number of thiophene rings is 1. The molecular weight excluding hydrogens is 232 g/mol. The Morgan fingerprint density at radius 1 is 1.47 bits per heavy atom. The van der Waals surface area contributed by atoms with Crippen molar-refractivity contribution in [3.63, 3.8) is 0 Å². The molecule has 0 bridgehead atoms. The van der Waals surface area contributed by atoms with Crippen molar-refractivity contribution in [2.45, 2.75) is 6.92 Å². The molecule has 0 atom stereocenters. The summed E-state index contributed by atoms with van der Waals surface area (Å²) in [5, 5.41) is 0.902. The van der Waals surface area contributed by atoms with Gasteiger partial charge in [0, 0.05) is 5.39 Å². The third-order valence-corrected chi connectivity index (χ3v) is 3.78. The topological polar surface area (TPSA) is 26.3 Å². The summed E-state index contributed by atoms with van der Waals surface area (Å²) >= 11 is 7.38. The van der Waals surface area contributed by atoms with Crippen LogP contribution in [0.5, 0.6) is 5.75 Å². The molecule has 0 fully saturated rings. The lowest BCUT2D eigenvalue weighted by atomic mass is 10.1. The molecule has 2 aromatic rings. The van der Waals surface area contributed by atoms with Crippen LogP contribution in [-0.2, 0) is 0 Å². The van der Waals surface area contributed by atoms with E-state index in [-0.39, 0.29) is 0 Å². The van der Waals surface area contributed by atoms with Gasteiger partial charge in [0.1, 0.15) is 10.1 Å². The van der Waals surface area contributed by atoms with Gasteiger partial charge >= 0.3 is 0 Å². The highest BCUT2D eigenvalue weighted by Gasteiger charge is 2.15. The van der Waals surface area contributed by atoms with Crippen LogP contribution in [0.25, 0.3) is 10.1 Å². The first-order chi connectivity index (χ1) is 7.19. The van der Waals surface area contributed by atoms with Crippen molar-refractivity contribution < 1.29 is 9.53 Å². The summed E-state index contributed by atoms with van der Waals surface area (Å²) in [6.07, 6.45) is 0.799. The smallest absolute Gasteiger partial charge is 0.153 e. The van der Waals surface area contributed by atoms with Gasteiger partial charge in [-0.15, -0.1) is 11.3 Å². The fraction of sp³-hybridized carbons (Fsp3) is 0.182. The van der Waals surface area contributed by atoms with E-state index < -0.39 is 0 Å². The highest BCUT2D eigenvalue weighted by molar-refractivity contribution is 7.23. The molecule has 1 heterocycles. The SMILES string of the molecule is COc1ccc(C)c2c(C=O)c(Cl)sc12. The Morgan fingerprint density at radius 3 is 2.80 bits per heavy atom. The van der Waals surface area contributed by atoms with Gasteiger partial charge in [-0.2, -0.15) is 0 Å². The van der Waals surface area contributed by atoms with E-state index in [1.165, 1.54) is 11.3 Å². The summed E-state index contributed by atoms with van der Waals surface area (Å²) in [7, 11) is 1.61. The van der Waals surface area contributed by atoms with Gasteiger partial charge in [-0.25, -0.2) is 0 Å². The Hall–Kier alpha value is -1.06. The number of hydrogen-bond donors (Lipinski definition) is 0. The zero-order valence-corrected chi connectivity index (χ0v) is 9.91. The number of halogens is 1. The largest absolute Gasteiger partial charge is 0.495 e. The molecule has 0 aliphatic carbocycles. The normalized spacial score (nSPS) is 10.6. The second-order valence-electron chi connectivity index (χ2n) is 3.20. The molecule has 0 aliphatic rings. The van der Waals surface area contributed by atoms with E-state index >= 15 is 0 Å². The van der Waals surface area contributed by atoms with Crippen LogP contribution >= 0.6 is 22.9 Å². The molecular formula is C11H9ClO2S. The van der Waals surface area contributed by atoms with E-state index in [1.54, 1.807) is 7.11 Å². The van der Waals surface area contributed by atoms with E-state index in [0.29, 0.717) is 9.90 Å². The molecule has 1 aromatic heterocycles. The number of fused-ring (bicyclic) bond motifs is 1. The molecule has 4 heteroatoms. The number of ether oxygens (including phenoxy) is 1. The van der Waals surface area contributed by atoms with Crippen LogP contribution in [0.2, 0.25) is 4.34 Å². The molecule has 0 radical (unpaired) electrons. The van der Waals surface area contributed by atoms with Crippen molar-refractivity contribution >= 4 is 39.3 Å². The van der Waals surface area contributed by atoms with Gasteiger partial charge in [-0.05, 0) is 18.6 Å². The summed E-state index contributed by atoms with van der Waals surface area (Å²) < 4.78 is 6.69. The number of carbonyl (C=O) groups excluding carboxylic acids is 1. The number of aldehydes is 1. The van der Waals surface area contributed by atoms with Gasteiger partial charge in [0.05, 0.1) is 17.4 Å². The van der Waals surface area contributed by atoms with Crippen LogP contribution in [0, 0.1) is 6.92 Å². The average molecular weight is 241 g/mol. The van der Waals surface area contributed by atoms with Gasteiger partial charge in [-0.1, -0.05) is 17.7 Å². The number of rotatable bonds is 2. The summed E-state index contributed by atoms with van der Waals surface area (Å²) in [4.78, 5) is 10.9. The Bertz CT molecular complexity index is 531. The summed E-state index contributed by atoms with van der Waals surface area (Å²) in [6, 6.07) is 3.82. The lowest BCUT2D eigenvalue weighted by Crippen LogP contribution is -1.85. The fourth-order valence-electron chi connectivity index (χ4n) is 1.61. The van der Waals surface area contributed by atoms with Crippen LogP contribution in [-0.4, -0.2) is 13.4 Å². The number of methoxy groups -OCH3 is 1. The second kappa shape index (κ2) is 3.83. The van der Waals surface area contributed by atoms with Crippen LogP contribution in [0.4, 0.5) is 0 Å². The Kier molecular flexibility index (Phi) is 2.67. The first kappa shape index (κ1) is 10.5. The number of hydrogen-bond acceptors (Lipinski definition) is 3. The van der Waals surface area contributed by atoms with Gasteiger partial charge in [0.15, 0.2) is 6.29 Å². The van der Waals surface area contributed by atoms with Crippen LogP contribution in [0.15, 0.2) is 12.1 Å². The van der Waals surface area contributed by atoms with Gasteiger partial charge in [0.25, 0.3) is 0 Å². The van der Waals surface area contributed by atoms with Crippen LogP contribution in [0.3, 0.4) is 0 Å². The summed E-state index contributed by atoms with van der Waals surface area (Å²) in [5.41, 5.74) is 1.60. The Balaban J connectivity index is 2.93. The van der Waals surface area contributed by atoms with Gasteiger partial charge in [0.2, 0.25) is 0 Å². The lowest BCUT2D eigenvalue weighted by Gasteiger charge is -2.03. The molecule has 0 aliphatic heterocycles. The zero-order valence-electron chi connectivity index (χ0n) is 8.33. The quantitative estimate of drug-likeness (QED) is 0.749. The lowest BCUT2D eigenvalue weighted by molar-refractivity contribution is 0.112. The molecule has 2 rings (SSSR count). The number of carbonyl (C=O) groups is 1. The Labute approximate surface area is 96.4 Å².